The molecule has 1 aliphatic carbocycles. The summed E-state index contributed by atoms with van der Waals surface area (Å²) in [7, 11) is 12.2. The van der Waals surface area contributed by atoms with Crippen LogP contribution in [0.3, 0.4) is 0 Å². The molecule has 2 aromatic carbocycles. The number of hydrogen-bond donors (Lipinski definition) is 8. The topological polar surface area (TPSA) is 429 Å². The van der Waals surface area contributed by atoms with Crippen molar-refractivity contribution < 1.29 is 95.2 Å². The summed E-state index contributed by atoms with van der Waals surface area (Å²) >= 11 is 1.39. The first-order valence-corrected chi connectivity index (χ1v) is 40.6. The van der Waals surface area contributed by atoms with E-state index in [1.165, 1.54) is 83.8 Å². The van der Waals surface area contributed by atoms with E-state index in [1.807, 2.05) is 41.5 Å². The number of ether oxygens (including phenoxy) is 5. The number of nitrogens with zero attached hydrogens (tertiary/aromatic N) is 6. The SMILES string of the molecule is CC[C@H](C)C([C@@H](CC(=O)N1C[C@@H](OC(=O)N(C)CCN(C)C(=O)OCc2ccc(NC(=O)[C@H](CCCNC(N)=O)NC(=O)[C@@H](NC(=O)CCCCCN3C(=O)CC(SCC4(CC(N)=O)CC4)C3=O)C(C)C)cc2)C[C@H]1[C@H](OC)[C@@H](C)C(=O)NCC(=O)c1ccc(OC)c(F)c1)OC)N(C)C(=O)[C@@H](NC(=O)[C@H](C(C)C)N(C)C)C(C)C. The van der Waals surface area contributed by atoms with Gasteiger partial charge in [-0.05, 0) is 118 Å². The lowest BCUT2D eigenvalue weighted by Crippen LogP contribution is -2.59. The third-order valence-electron chi connectivity index (χ3n) is 21.5. The summed E-state index contributed by atoms with van der Waals surface area (Å²) in [5.74, 6) is -7.34. The molecule has 115 heavy (non-hydrogen) atoms. The van der Waals surface area contributed by atoms with Crippen LogP contribution < -0.4 is 48.1 Å². The molecule has 35 heteroatoms. The van der Waals surface area contributed by atoms with Gasteiger partial charge in [-0.3, -0.25) is 62.5 Å². The lowest BCUT2D eigenvalue weighted by Gasteiger charge is -2.41. The van der Waals surface area contributed by atoms with E-state index in [-0.39, 0.29) is 148 Å². The highest BCUT2D eigenvalue weighted by atomic mass is 32.2. The minimum Gasteiger partial charge on any atom is -0.494 e. The van der Waals surface area contributed by atoms with Crippen LogP contribution in [-0.2, 0) is 73.5 Å². The van der Waals surface area contributed by atoms with Crippen molar-refractivity contribution in [3.8, 4) is 5.75 Å². The monoisotopic (exact) mass is 1640 g/mol. The zero-order valence-electron chi connectivity index (χ0n) is 69.9. The highest BCUT2D eigenvalue weighted by molar-refractivity contribution is 8.00. The Labute approximate surface area is 679 Å². The summed E-state index contributed by atoms with van der Waals surface area (Å²) in [6.07, 6.45) is -0.509. The number of nitrogens with two attached hydrogens (primary N) is 2. The number of amides is 14. The molecule has 2 unspecified atom stereocenters. The molecule has 5 rings (SSSR count). The van der Waals surface area contributed by atoms with E-state index in [9.17, 15) is 66.7 Å². The van der Waals surface area contributed by atoms with E-state index >= 15 is 4.79 Å². The Hall–Kier alpha value is -9.22. The van der Waals surface area contributed by atoms with Gasteiger partial charge in [0.05, 0.1) is 68.1 Å². The van der Waals surface area contributed by atoms with Crippen molar-refractivity contribution >= 4 is 101 Å². The number of halogens is 1. The molecule has 1 saturated carbocycles. The molecule has 3 aliphatic rings. The molecule has 2 heterocycles. The van der Waals surface area contributed by atoms with Gasteiger partial charge in [0, 0.05) is 104 Å². The van der Waals surface area contributed by atoms with Crippen LogP contribution in [0.4, 0.5) is 24.5 Å². The molecule has 10 N–H and O–H groups in total. The van der Waals surface area contributed by atoms with Gasteiger partial charge in [0.15, 0.2) is 17.3 Å². The fourth-order valence-corrected chi connectivity index (χ4v) is 15.9. The van der Waals surface area contributed by atoms with E-state index in [1.54, 1.807) is 71.1 Å². The number of benzene rings is 2. The Balaban J connectivity index is 1.19. The number of Topliss-reactive ketones (excluding diaryl/α,β-unsaturated/α-hetero) is 1. The molecule has 33 nitrogen and oxygen atoms in total. The number of imide groups is 1. The van der Waals surface area contributed by atoms with Gasteiger partial charge in [0.2, 0.25) is 59.1 Å². The minimum atomic E-state index is -1.14. The number of likely N-dealkylation sites (tertiary alicyclic amines) is 2. The van der Waals surface area contributed by atoms with Gasteiger partial charge >= 0.3 is 18.2 Å². The predicted octanol–water partition coefficient (Wildman–Crippen LogP) is 5.19. The average Bonchev–Trinajstić information content (AvgIpc) is 1.67. The standard InChI is InChI=1S/C80H125FN14O19S/c1-18-49(8)69(93(14)76(106)67(47(4)5)89-74(104)68(48(6)7)90(10)11)60(111-16)39-64(99)95-43-54(38-57(95)70(112-17)50(9)71(101)85-42-58(96)52-27-30-59(110-15)55(81)37-52)114-79(109)92(13)36-35-91(12)78(108)113-44-51-25-28-53(29-26-51)86-72(102)56(23-22-33-84-77(83)107)87-73(103)66(46(2)3)88-63(98)24-20-19-21-34-94-65(100)40-61(75(94)105)115-45-80(31-32-80)41-62(82)97/h25-30,37,46-50,54,56-57,60-61,66-70H,18-24,31-36,38-45H2,1-17H3,(H2,82,97)(H,85,101)(H,86,102)(H,87,103)(H,88,98)(H,89,104)(H3,83,84,107)/t49-,50+,54-,56-,57-,60+,61?,66-,67-,68-,69?,70+/m0/s1. The maximum atomic E-state index is 15.1. The molecule has 0 spiro atoms. The number of thioether (sulfide) groups is 1. The van der Waals surface area contributed by atoms with Gasteiger partial charge in [-0.15, -0.1) is 11.8 Å². The molecular weight excluding hydrogens is 1510 g/mol. The van der Waals surface area contributed by atoms with Crippen LogP contribution in [0.2, 0.25) is 0 Å². The number of carbonyl (C=O) groups excluding carboxylic acids is 14. The van der Waals surface area contributed by atoms with Crippen molar-refractivity contribution in [3.05, 3.63) is 59.4 Å². The number of anilines is 1. The Morgan fingerprint density at radius 1 is 0.730 bits per heavy atom. The van der Waals surface area contributed by atoms with Crippen LogP contribution in [0, 0.1) is 40.8 Å². The van der Waals surface area contributed by atoms with E-state index in [0.717, 1.165) is 18.9 Å². The molecule has 0 aromatic heterocycles. The van der Waals surface area contributed by atoms with Crippen LogP contribution in [0.15, 0.2) is 42.5 Å². The van der Waals surface area contributed by atoms with Crippen LogP contribution in [0.25, 0.3) is 0 Å². The van der Waals surface area contributed by atoms with Crippen molar-refractivity contribution in [1.29, 1.82) is 0 Å². The average molecular weight is 1640 g/mol. The van der Waals surface area contributed by atoms with E-state index in [0.29, 0.717) is 42.7 Å². The number of unbranched alkanes of at least 4 members (excludes halogenated alkanes) is 2. The maximum absolute atomic E-state index is 15.1. The van der Waals surface area contributed by atoms with Gasteiger partial charge in [0.25, 0.3) is 0 Å². The Morgan fingerprint density at radius 2 is 1.38 bits per heavy atom. The highest BCUT2D eigenvalue weighted by Gasteiger charge is 2.49. The maximum Gasteiger partial charge on any atom is 0.409 e. The molecular formula is C80H125FN14O19S. The van der Waals surface area contributed by atoms with E-state index in [4.69, 9.17) is 35.2 Å². The van der Waals surface area contributed by atoms with Gasteiger partial charge < -0.3 is 86.7 Å². The molecule has 14 amide bonds. The number of carbonyl (C=O) groups is 14. The summed E-state index contributed by atoms with van der Waals surface area (Å²) in [5, 5.41) is 15.9. The molecule has 12 atom stereocenters. The molecule has 2 aliphatic heterocycles. The second-order valence-electron chi connectivity index (χ2n) is 31.7. The zero-order valence-corrected chi connectivity index (χ0v) is 70.7. The number of likely N-dealkylation sites (N-methyl/N-ethyl adjacent to an activating group) is 4. The fourth-order valence-electron chi connectivity index (χ4n) is 14.4. The third kappa shape index (κ3) is 28.9. The van der Waals surface area contributed by atoms with Crippen LogP contribution in [0.5, 0.6) is 5.75 Å². The van der Waals surface area contributed by atoms with E-state index < -0.39 is 138 Å². The molecule has 0 radical (unpaired) electrons. The summed E-state index contributed by atoms with van der Waals surface area (Å²) in [6, 6.07) is 3.93. The molecule has 2 aromatic rings. The number of urea groups is 1. The van der Waals surface area contributed by atoms with Crippen molar-refractivity contribution in [1.82, 2.24) is 56.0 Å². The molecule has 0 bridgehead atoms. The van der Waals surface area contributed by atoms with Gasteiger partial charge in [0.1, 0.15) is 30.8 Å². The molecule has 642 valence electrons. The highest BCUT2D eigenvalue weighted by Crippen LogP contribution is 2.52. The van der Waals surface area contributed by atoms with Gasteiger partial charge in [-0.2, -0.15) is 0 Å². The number of hydrogen-bond acceptors (Lipinski definition) is 21. The zero-order chi connectivity index (χ0) is 85.9. The smallest absolute Gasteiger partial charge is 0.409 e. The summed E-state index contributed by atoms with van der Waals surface area (Å²) in [4.78, 5) is 197. The third-order valence-corrected chi connectivity index (χ3v) is 23.1. The first-order chi connectivity index (χ1) is 54.2. The first-order valence-electron chi connectivity index (χ1n) is 39.5. The second kappa shape index (κ2) is 45.9. The van der Waals surface area contributed by atoms with Gasteiger partial charge in [-0.1, -0.05) is 87.3 Å². The predicted molar refractivity (Wildman–Crippen MR) is 429 cm³/mol. The largest absolute Gasteiger partial charge is 0.494 e. The molecule has 3 fully saturated rings. The first kappa shape index (κ1) is 96.4. The van der Waals surface area contributed by atoms with Gasteiger partial charge in [-0.25, -0.2) is 18.8 Å². The number of rotatable bonds is 48. The van der Waals surface area contributed by atoms with Crippen LogP contribution in [-0.4, -0.2) is 274 Å². The van der Waals surface area contributed by atoms with Crippen molar-refractivity contribution in [2.24, 2.45) is 46.5 Å². The number of methoxy groups -OCH3 is 3. The fraction of sp³-hybridized carbons (Fsp3) is 0.675. The Kier molecular flexibility index (Phi) is 38.5. The Bertz CT molecular complexity index is 3670. The van der Waals surface area contributed by atoms with Crippen molar-refractivity contribution in [3.63, 3.8) is 0 Å². The molecule has 2 saturated heterocycles. The Morgan fingerprint density at radius 3 is 1.95 bits per heavy atom. The number of nitrogens with one attached hydrogen (secondary N) is 6. The quantitative estimate of drug-likeness (QED) is 0.0240. The number of primary amides is 2. The lowest BCUT2D eigenvalue weighted by molar-refractivity contribution is -0.148. The van der Waals surface area contributed by atoms with E-state index in [2.05, 4.69) is 31.9 Å². The normalized spacial score (nSPS) is 18.1. The second-order valence-corrected chi connectivity index (χ2v) is 32.9. The summed E-state index contributed by atoms with van der Waals surface area (Å²) in [5.41, 5.74) is 11.3. The van der Waals surface area contributed by atoms with Crippen molar-refractivity contribution in [2.45, 2.75) is 212 Å². The van der Waals surface area contributed by atoms with Crippen molar-refractivity contribution in [2.75, 3.05) is 107 Å². The van der Waals surface area contributed by atoms with Crippen LogP contribution >= 0.6 is 11.8 Å². The minimum absolute atomic E-state index is 0.0152. The summed E-state index contributed by atoms with van der Waals surface area (Å²) < 4.78 is 43.4. The van der Waals surface area contributed by atoms with Crippen LogP contribution in [0.1, 0.15) is 162 Å². The lowest BCUT2D eigenvalue weighted by atomic mass is 9.89. The number of ketones is 1. The summed E-state index contributed by atoms with van der Waals surface area (Å²) in [6.45, 7) is 15.7.